The van der Waals surface area contributed by atoms with Crippen molar-refractivity contribution in [3.63, 3.8) is 0 Å². The van der Waals surface area contributed by atoms with Crippen molar-refractivity contribution in [1.82, 2.24) is 9.80 Å². The Morgan fingerprint density at radius 2 is 1.67 bits per heavy atom. The van der Waals surface area contributed by atoms with E-state index in [4.69, 9.17) is 9.15 Å². The van der Waals surface area contributed by atoms with Crippen LogP contribution < -0.4 is 0 Å². The van der Waals surface area contributed by atoms with Crippen LogP contribution >= 0.6 is 0 Å². The van der Waals surface area contributed by atoms with Gasteiger partial charge in [-0.2, -0.15) is 0 Å². The number of benzene rings is 2. The summed E-state index contributed by atoms with van der Waals surface area (Å²) in [4.78, 5) is 29.8. The van der Waals surface area contributed by atoms with E-state index in [1.165, 1.54) is 0 Å². The molecule has 36 heavy (non-hydrogen) atoms. The second kappa shape index (κ2) is 9.16. The SMILES string of the molecule is Cc1oc(C(C)(C)C)cc1C(=O)N1CCC2(CC1)CN(Cc1ccccc1-c1ccccc1)C(=O)O2. The Morgan fingerprint density at radius 3 is 2.33 bits per heavy atom. The molecule has 0 unspecified atom stereocenters. The molecule has 1 spiro atoms. The molecule has 2 aliphatic rings. The van der Waals surface area contributed by atoms with Crippen LogP contribution in [0.2, 0.25) is 0 Å². The number of carbonyl (C=O) groups is 2. The Bertz CT molecular complexity index is 1260. The summed E-state index contributed by atoms with van der Waals surface area (Å²) in [7, 11) is 0. The number of rotatable bonds is 4. The summed E-state index contributed by atoms with van der Waals surface area (Å²) in [6.07, 6.45) is 0.979. The Morgan fingerprint density at radius 1 is 1.00 bits per heavy atom. The van der Waals surface area contributed by atoms with Crippen LogP contribution in [0.3, 0.4) is 0 Å². The molecule has 2 amide bonds. The van der Waals surface area contributed by atoms with Crippen LogP contribution in [-0.4, -0.2) is 47.0 Å². The minimum Gasteiger partial charge on any atom is -0.465 e. The summed E-state index contributed by atoms with van der Waals surface area (Å²) in [5.41, 5.74) is 3.27. The third-order valence-corrected chi connectivity index (χ3v) is 7.35. The van der Waals surface area contributed by atoms with Crippen LogP contribution in [0, 0.1) is 6.92 Å². The average molecular weight is 487 g/mol. The number of amides is 2. The van der Waals surface area contributed by atoms with Crippen LogP contribution in [-0.2, 0) is 16.7 Å². The highest BCUT2D eigenvalue weighted by Gasteiger charge is 2.47. The molecule has 188 valence electrons. The molecule has 0 radical (unpaired) electrons. The number of carbonyl (C=O) groups excluding carboxylic acids is 2. The highest BCUT2D eigenvalue weighted by molar-refractivity contribution is 5.95. The molecule has 0 saturated carbocycles. The predicted molar refractivity (Wildman–Crippen MR) is 139 cm³/mol. The summed E-state index contributed by atoms with van der Waals surface area (Å²) in [5.74, 6) is 1.45. The lowest BCUT2D eigenvalue weighted by Gasteiger charge is -2.37. The van der Waals surface area contributed by atoms with Crippen molar-refractivity contribution in [3.05, 3.63) is 83.3 Å². The summed E-state index contributed by atoms with van der Waals surface area (Å²) >= 11 is 0. The first kappa shape index (κ1) is 24.2. The third-order valence-electron chi connectivity index (χ3n) is 7.35. The fourth-order valence-electron chi connectivity index (χ4n) is 5.19. The van der Waals surface area contributed by atoms with Gasteiger partial charge in [-0.15, -0.1) is 0 Å². The first-order chi connectivity index (χ1) is 17.2. The lowest BCUT2D eigenvalue weighted by atomic mass is 9.90. The number of piperidine rings is 1. The second-order valence-electron chi connectivity index (χ2n) is 11.1. The number of likely N-dealkylation sites (tertiary alicyclic amines) is 1. The third kappa shape index (κ3) is 4.64. The van der Waals surface area contributed by atoms with Gasteiger partial charge < -0.3 is 14.1 Å². The minimum atomic E-state index is -0.544. The molecule has 5 rings (SSSR count). The zero-order valence-corrected chi connectivity index (χ0v) is 21.5. The van der Waals surface area contributed by atoms with Gasteiger partial charge in [0.25, 0.3) is 5.91 Å². The molecular weight excluding hydrogens is 452 g/mol. The van der Waals surface area contributed by atoms with Gasteiger partial charge in [-0.25, -0.2) is 4.79 Å². The molecule has 2 aromatic carbocycles. The lowest BCUT2D eigenvalue weighted by Crippen LogP contribution is -2.48. The van der Waals surface area contributed by atoms with Crippen LogP contribution in [0.5, 0.6) is 0 Å². The number of aryl methyl sites for hydroxylation is 1. The second-order valence-corrected chi connectivity index (χ2v) is 11.1. The molecule has 6 heteroatoms. The first-order valence-corrected chi connectivity index (χ1v) is 12.7. The smallest absolute Gasteiger partial charge is 0.410 e. The van der Waals surface area contributed by atoms with E-state index < -0.39 is 5.60 Å². The molecular formula is C30H34N2O4. The van der Waals surface area contributed by atoms with E-state index in [0.717, 1.165) is 22.5 Å². The van der Waals surface area contributed by atoms with E-state index in [1.54, 1.807) is 4.90 Å². The largest absolute Gasteiger partial charge is 0.465 e. The molecule has 0 aliphatic carbocycles. The monoisotopic (exact) mass is 486 g/mol. The average Bonchev–Trinajstić information content (AvgIpc) is 3.40. The number of hydrogen-bond donors (Lipinski definition) is 0. The summed E-state index contributed by atoms with van der Waals surface area (Å²) in [6, 6.07) is 20.3. The Kier molecular flexibility index (Phi) is 6.15. The fourth-order valence-corrected chi connectivity index (χ4v) is 5.19. The predicted octanol–water partition coefficient (Wildman–Crippen LogP) is 6.18. The molecule has 3 aromatic rings. The van der Waals surface area contributed by atoms with E-state index in [-0.39, 0.29) is 17.4 Å². The maximum absolute atomic E-state index is 13.3. The topological polar surface area (TPSA) is 63.0 Å². The van der Waals surface area contributed by atoms with E-state index in [2.05, 4.69) is 45.0 Å². The van der Waals surface area contributed by atoms with Gasteiger partial charge in [-0.3, -0.25) is 9.69 Å². The summed E-state index contributed by atoms with van der Waals surface area (Å²) in [5, 5.41) is 0. The Labute approximate surface area is 212 Å². The lowest BCUT2D eigenvalue weighted by molar-refractivity contribution is 0.00309. The number of hydrogen-bond acceptors (Lipinski definition) is 4. The zero-order valence-electron chi connectivity index (χ0n) is 21.5. The first-order valence-electron chi connectivity index (χ1n) is 12.7. The molecule has 0 N–H and O–H groups in total. The zero-order chi connectivity index (χ0) is 25.5. The quantitative estimate of drug-likeness (QED) is 0.442. The number of ether oxygens (including phenoxy) is 1. The fraction of sp³-hybridized carbons (Fsp3) is 0.400. The molecule has 2 saturated heterocycles. The normalized spacial score (nSPS) is 17.5. The van der Waals surface area contributed by atoms with E-state index in [0.29, 0.717) is 50.3 Å². The van der Waals surface area contributed by atoms with E-state index >= 15 is 0 Å². The van der Waals surface area contributed by atoms with Crippen molar-refractivity contribution in [1.29, 1.82) is 0 Å². The van der Waals surface area contributed by atoms with Crippen LogP contribution in [0.4, 0.5) is 4.79 Å². The van der Waals surface area contributed by atoms with Gasteiger partial charge in [0.05, 0.1) is 12.1 Å². The van der Waals surface area contributed by atoms with Gasteiger partial charge in [0.15, 0.2) is 0 Å². The molecule has 6 nitrogen and oxygen atoms in total. The summed E-state index contributed by atoms with van der Waals surface area (Å²) in [6.45, 7) is 10.2. The van der Waals surface area contributed by atoms with E-state index in [1.807, 2.05) is 48.2 Å². The van der Waals surface area contributed by atoms with Gasteiger partial charge in [0.1, 0.15) is 17.1 Å². The molecule has 2 fully saturated rings. The van der Waals surface area contributed by atoms with Gasteiger partial charge >= 0.3 is 6.09 Å². The van der Waals surface area contributed by atoms with Gasteiger partial charge in [0, 0.05) is 37.9 Å². The van der Waals surface area contributed by atoms with Crippen molar-refractivity contribution < 1.29 is 18.7 Å². The van der Waals surface area contributed by atoms with Crippen LogP contribution in [0.15, 0.2) is 65.1 Å². The van der Waals surface area contributed by atoms with Crippen LogP contribution in [0.25, 0.3) is 11.1 Å². The van der Waals surface area contributed by atoms with Crippen molar-refractivity contribution >= 4 is 12.0 Å². The van der Waals surface area contributed by atoms with E-state index in [9.17, 15) is 9.59 Å². The Balaban J connectivity index is 1.26. The molecule has 1 aromatic heterocycles. The minimum absolute atomic E-state index is 0.0143. The molecule has 0 bridgehead atoms. The van der Waals surface area contributed by atoms with Crippen molar-refractivity contribution in [2.24, 2.45) is 0 Å². The molecule has 3 heterocycles. The molecule has 2 aliphatic heterocycles. The van der Waals surface area contributed by atoms with Crippen LogP contribution in [0.1, 0.15) is 61.1 Å². The highest BCUT2D eigenvalue weighted by Crippen LogP contribution is 2.36. The maximum atomic E-state index is 13.3. The van der Waals surface area contributed by atoms with Gasteiger partial charge in [-0.1, -0.05) is 75.4 Å². The summed E-state index contributed by atoms with van der Waals surface area (Å²) < 4.78 is 11.8. The van der Waals surface area contributed by atoms with Crippen molar-refractivity contribution in [3.8, 4) is 11.1 Å². The van der Waals surface area contributed by atoms with Crippen molar-refractivity contribution in [2.45, 2.75) is 58.1 Å². The van der Waals surface area contributed by atoms with Crippen molar-refractivity contribution in [2.75, 3.05) is 19.6 Å². The number of furan rings is 1. The van der Waals surface area contributed by atoms with Gasteiger partial charge in [-0.05, 0) is 29.7 Å². The Hall–Kier alpha value is -3.54. The standard InChI is InChI=1S/C30H34N2O4/c1-21-25(18-26(35-21)29(2,3)4)27(33)31-16-14-30(15-17-31)20-32(28(34)36-30)19-23-12-8-9-13-24(23)22-10-6-5-7-11-22/h5-13,18H,14-17,19-20H2,1-4H3. The molecule has 0 atom stereocenters. The van der Waals surface area contributed by atoms with Gasteiger partial charge in [0.2, 0.25) is 0 Å². The highest BCUT2D eigenvalue weighted by atomic mass is 16.6. The maximum Gasteiger partial charge on any atom is 0.410 e. The number of nitrogens with zero attached hydrogens (tertiary/aromatic N) is 2.